The molecule has 1 atom stereocenters. The summed E-state index contributed by atoms with van der Waals surface area (Å²) in [6.07, 6.45) is 0. The number of halogens is 2. The topological polar surface area (TPSA) is 41.1 Å². The van der Waals surface area contributed by atoms with Crippen molar-refractivity contribution >= 4 is 44.8 Å². The van der Waals surface area contributed by atoms with Crippen molar-refractivity contribution in [3.05, 3.63) is 58.0 Å². The van der Waals surface area contributed by atoms with E-state index in [1.807, 2.05) is 42.5 Å². The first-order valence-corrected chi connectivity index (χ1v) is 7.31. The highest BCUT2D eigenvalue weighted by Gasteiger charge is 2.13. The van der Waals surface area contributed by atoms with Crippen molar-refractivity contribution in [1.29, 1.82) is 0 Å². The van der Waals surface area contributed by atoms with Crippen LogP contribution in [0.4, 0.5) is 11.4 Å². The lowest BCUT2D eigenvalue weighted by atomic mass is 10.2. The molecule has 0 spiro atoms. The third-order valence-electron chi connectivity index (χ3n) is 2.74. The van der Waals surface area contributed by atoms with Crippen molar-refractivity contribution < 1.29 is 4.79 Å². The number of amides is 1. The molecule has 0 aliphatic carbocycles. The third-order valence-corrected chi connectivity index (χ3v) is 3.95. The van der Waals surface area contributed by atoms with E-state index in [-0.39, 0.29) is 11.9 Å². The maximum atomic E-state index is 12.1. The van der Waals surface area contributed by atoms with Crippen molar-refractivity contribution in [2.24, 2.45) is 0 Å². The van der Waals surface area contributed by atoms with Gasteiger partial charge in [-0.1, -0.05) is 29.8 Å². The van der Waals surface area contributed by atoms with Gasteiger partial charge in [-0.15, -0.1) is 0 Å². The lowest BCUT2D eigenvalue weighted by molar-refractivity contribution is -0.116. The molecule has 1 amide bonds. The highest BCUT2D eigenvalue weighted by molar-refractivity contribution is 9.10. The van der Waals surface area contributed by atoms with Gasteiger partial charge in [-0.3, -0.25) is 4.79 Å². The van der Waals surface area contributed by atoms with Crippen LogP contribution in [0.5, 0.6) is 0 Å². The fourth-order valence-corrected chi connectivity index (χ4v) is 2.17. The first-order chi connectivity index (χ1) is 9.56. The third kappa shape index (κ3) is 3.99. The Balaban J connectivity index is 1.98. The average Bonchev–Trinajstić information content (AvgIpc) is 2.44. The average molecular weight is 354 g/mol. The molecule has 0 aliphatic heterocycles. The molecule has 20 heavy (non-hydrogen) atoms. The van der Waals surface area contributed by atoms with E-state index >= 15 is 0 Å². The van der Waals surface area contributed by atoms with Crippen LogP contribution in [0, 0.1) is 0 Å². The van der Waals surface area contributed by atoms with E-state index in [1.165, 1.54) is 0 Å². The first-order valence-electron chi connectivity index (χ1n) is 6.14. The van der Waals surface area contributed by atoms with Crippen LogP contribution in [0.2, 0.25) is 5.02 Å². The summed E-state index contributed by atoms with van der Waals surface area (Å²) < 4.78 is 0.792. The lowest BCUT2D eigenvalue weighted by Gasteiger charge is -2.15. The van der Waals surface area contributed by atoms with Gasteiger partial charge in [0.1, 0.15) is 6.04 Å². The molecule has 0 fully saturated rings. The van der Waals surface area contributed by atoms with Gasteiger partial charge in [0.25, 0.3) is 0 Å². The second-order valence-corrected chi connectivity index (χ2v) is 5.61. The summed E-state index contributed by atoms with van der Waals surface area (Å²) in [6, 6.07) is 14.5. The van der Waals surface area contributed by atoms with Gasteiger partial charge in [0.15, 0.2) is 0 Å². The number of carbonyl (C=O) groups excluding carboxylic acids is 1. The summed E-state index contributed by atoms with van der Waals surface area (Å²) in [5.41, 5.74) is 1.61. The summed E-state index contributed by atoms with van der Waals surface area (Å²) in [5, 5.41) is 6.61. The Morgan fingerprint density at radius 3 is 2.50 bits per heavy atom. The maximum absolute atomic E-state index is 12.1. The molecular formula is C15H14BrClN2O. The molecule has 0 bridgehead atoms. The molecule has 2 aromatic rings. The van der Waals surface area contributed by atoms with Gasteiger partial charge in [-0.25, -0.2) is 0 Å². The fourth-order valence-electron chi connectivity index (χ4n) is 1.67. The molecular weight excluding hydrogens is 340 g/mol. The Bertz CT molecular complexity index is 604. The van der Waals surface area contributed by atoms with Gasteiger partial charge in [0.2, 0.25) is 5.91 Å². The van der Waals surface area contributed by atoms with Gasteiger partial charge in [-0.05, 0) is 53.2 Å². The minimum absolute atomic E-state index is 0.0951. The van der Waals surface area contributed by atoms with E-state index in [2.05, 4.69) is 26.6 Å². The zero-order chi connectivity index (χ0) is 14.5. The second kappa shape index (κ2) is 6.77. The van der Waals surface area contributed by atoms with Crippen molar-refractivity contribution in [2.75, 3.05) is 10.6 Å². The zero-order valence-corrected chi connectivity index (χ0v) is 13.2. The number of benzene rings is 2. The smallest absolute Gasteiger partial charge is 0.246 e. The monoisotopic (exact) mass is 352 g/mol. The van der Waals surface area contributed by atoms with E-state index in [4.69, 9.17) is 11.6 Å². The molecule has 2 N–H and O–H groups in total. The zero-order valence-electron chi connectivity index (χ0n) is 10.9. The molecule has 2 rings (SSSR count). The van der Waals surface area contributed by atoms with Crippen LogP contribution >= 0.6 is 27.5 Å². The number of rotatable bonds is 4. The quantitative estimate of drug-likeness (QED) is 0.847. The van der Waals surface area contributed by atoms with Crippen LogP contribution in [-0.2, 0) is 4.79 Å². The molecule has 0 aromatic heterocycles. The van der Waals surface area contributed by atoms with Crippen molar-refractivity contribution in [3.63, 3.8) is 0 Å². The Kier molecular flexibility index (Phi) is 5.04. The molecule has 3 nitrogen and oxygen atoms in total. The second-order valence-electron chi connectivity index (χ2n) is 4.35. The molecule has 0 heterocycles. The predicted molar refractivity (Wildman–Crippen MR) is 87.3 cm³/mol. The molecule has 0 saturated carbocycles. The molecule has 5 heteroatoms. The summed E-state index contributed by atoms with van der Waals surface area (Å²) >= 11 is 9.29. The van der Waals surface area contributed by atoms with E-state index < -0.39 is 0 Å². The summed E-state index contributed by atoms with van der Waals surface area (Å²) in [5.74, 6) is -0.0951. The summed E-state index contributed by atoms with van der Waals surface area (Å²) in [4.78, 5) is 12.1. The van der Waals surface area contributed by atoms with Crippen LogP contribution < -0.4 is 10.6 Å². The normalized spacial score (nSPS) is 11.8. The van der Waals surface area contributed by atoms with E-state index in [0.29, 0.717) is 5.02 Å². The van der Waals surface area contributed by atoms with E-state index in [0.717, 1.165) is 15.8 Å². The largest absolute Gasteiger partial charge is 0.374 e. The molecule has 0 radical (unpaired) electrons. The summed E-state index contributed by atoms with van der Waals surface area (Å²) in [6.45, 7) is 1.81. The molecule has 2 aromatic carbocycles. The number of para-hydroxylation sites is 1. The first kappa shape index (κ1) is 14.9. The SMILES string of the molecule is CC(Nc1ccc(Cl)c(Br)c1)C(=O)Nc1ccccc1. The fraction of sp³-hybridized carbons (Fsp3) is 0.133. The van der Waals surface area contributed by atoms with Crippen LogP contribution in [0.3, 0.4) is 0 Å². The highest BCUT2D eigenvalue weighted by atomic mass is 79.9. The molecule has 1 unspecified atom stereocenters. The number of hydrogen-bond donors (Lipinski definition) is 2. The number of hydrogen-bond acceptors (Lipinski definition) is 2. The predicted octanol–water partition coefficient (Wildman–Crippen LogP) is 4.54. The molecule has 0 aliphatic rings. The Hall–Kier alpha value is -1.52. The van der Waals surface area contributed by atoms with Crippen LogP contribution in [-0.4, -0.2) is 11.9 Å². The minimum atomic E-state index is -0.358. The number of anilines is 2. The van der Waals surface area contributed by atoms with Crippen LogP contribution in [0.15, 0.2) is 53.0 Å². The van der Waals surface area contributed by atoms with Crippen LogP contribution in [0.1, 0.15) is 6.92 Å². The van der Waals surface area contributed by atoms with E-state index in [1.54, 1.807) is 13.0 Å². The molecule has 0 saturated heterocycles. The molecule has 104 valence electrons. The van der Waals surface area contributed by atoms with E-state index in [9.17, 15) is 4.79 Å². The number of nitrogens with one attached hydrogen (secondary N) is 2. The Morgan fingerprint density at radius 1 is 1.15 bits per heavy atom. The Labute approximate surface area is 131 Å². The van der Waals surface area contributed by atoms with Crippen molar-refractivity contribution in [1.82, 2.24) is 0 Å². The van der Waals surface area contributed by atoms with Crippen molar-refractivity contribution in [3.8, 4) is 0 Å². The standard InChI is InChI=1S/C15H14BrClN2O/c1-10(15(20)19-11-5-3-2-4-6-11)18-12-7-8-14(17)13(16)9-12/h2-10,18H,1H3,(H,19,20). The van der Waals surface area contributed by atoms with Gasteiger partial charge in [-0.2, -0.15) is 0 Å². The highest BCUT2D eigenvalue weighted by Crippen LogP contribution is 2.25. The van der Waals surface area contributed by atoms with Gasteiger partial charge >= 0.3 is 0 Å². The Morgan fingerprint density at radius 2 is 1.85 bits per heavy atom. The van der Waals surface area contributed by atoms with Crippen molar-refractivity contribution in [2.45, 2.75) is 13.0 Å². The maximum Gasteiger partial charge on any atom is 0.246 e. The van der Waals surface area contributed by atoms with Crippen LogP contribution in [0.25, 0.3) is 0 Å². The van der Waals surface area contributed by atoms with Gasteiger partial charge in [0.05, 0.1) is 5.02 Å². The minimum Gasteiger partial charge on any atom is -0.374 e. The number of carbonyl (C=O) groups is 1. The lowest BCUT2D eigenvalue weighted by Crippen LogP contribution is -2.31. The van der Waals surface area contributed by atoms with Gasteiger partial charge in [0, 0.05) is 15.8 Å². The summed E-state index contributed by atoms with van der Waals surface area (Å²) in [7, 11) is 0. The van der Waals surface area contributed by atoms with Gasteiger partial charge < -0.3 is 10.6 Å².